The van der Waals surface area contributed by atoms with Gasteiger partial charge < -0.3 is 19.9 Å². The SMILES string of the molecule is O=C([O-])CCCCCN1/C(=C/C2=CC3=C/C(=C/c4sc5ccc(Cl)cc5[n+]4CCCCCC(=O)O)CCC3CC2)Sc2ccc(Cl)cc21. The van der Waals surface area contributed by atoms with Crippen molar-refractivity contribution in [1.82, 2.24) is 0 Å². The van der Waals surface area contributed by atoms with E-state index in [9.17, 15) is 14.7 Å². The van der Waals surface area contributed by atoms with Crippen LogP contribution in [-0.2, 0) is 16.1 Å². The molecule has 2 heterocycles. The second-order valence-electron chi connectivity index (χ2n) is 12.8. The van der Waals surface area contributed by atoms with Crippen molar-refractivity contribution >= 4 is 80.2 Å². The second kappa shape index (κ2) is 16.1. The van der Waals surface area contributed by atoms with E-state index in [0.29, 0.717) is 23.8 Å². The average molecular weight is 724 g/mol. The summed E-state index contributed by atoms with van der Waals surface area (Å²) in [4.78, 5) is 25.4. The van der Waals surface area contributed by atoms with Gasteiger partial charge >= 0.3 is 5.97 Å². The molecule has 1 aromatic heterocycles. The number of unbranched alkanes of at least 4 members (excludes halogenated alkanes) is 4. The van der Waals surface area contributed by atoms with Crippen LogP contribution in [0.3, 0.4) is 0 Å². The van der Waals surface area contributed by atoms with E-state index in [2.05, 4.69) is 45.9 Å². The zero-order valence-corrected chi connectivity index (χ0v) is 30.0. The van der Waals surface area contributed by atoms with Crippen LogP contribution in [0.25, 0.3) is 16.3 Å². The summed E-state index contributed by atoms with van der Waals surface area (Å²) in [6.45, 7) is 1.64. The van der Waals surface area contributed by atoms with Gasteiger partial charge in [0.2, 0.25) is 5.52 Å². The second-order valence-corrected chi connectivity index (χ2v) is 15.8. The Morgan fingerprint density at radius 2 is 1.71 bits per heavy atom. The van der Waals surface area contributed by atoms with E-state index in [4.69, 9.17) is 28.3 Å². The van der Waals surface area contributed by atoms with Crippen LogP contribution in [0.2, 0.25) is 10.0 Å². The van der Waals surface area contributed by atoms with Crippen LogP contribution in [0.5, 0.6) is 0 Å². The Morgan fingerprint density at radius 3 is 2.54 bits per heavy atom. The van der Waals surface area contributed by atoms with Crippen molar-refractivity contribution in [2.24, 2.45) is 5.92 Å². The largest absolute Gasteiger partial charge is 0.550 e. The number of carboxylic acid groups (broad SMARTS) is 2. The van der Waals surface area contributed by atoms with Gasteiger partial charge in [0.1, 0.15) is 4.70 Å². The molecule has 252 valence electrons. The third kappa shape index (κ3) is 8.75. The molecule has 0 saturated heterocycles. The van der Waals surface area contributed by atoms with Crippen molar-refractivity contribution in [3.05, 3.63) is 91.4 Å². The molecular weight excluding hydrogens is 683 g/mol. The van der Waals surface area contributed by atoms with Crippen LogP contribution >= 0.6 is 46.3 Å². The highest BCUT2D eigenvalue weighted by Gasteiger charge is 2.28. The number of benzene rings is 2. The topological polar surface area (TPSA) is 84.5 Å². The Morgan fingerprint density at radius 1 is 0.938 bits per heavy atom. The minimum absolute atomic E-state index is 0.102. The number of aliphatic carboxylic acids is 2. The number of aromatic nitrogens is 1. The summed E-state index contributed by atoms with van der Waals surface area (Å²) >= 11 is 16.4. The average Bonchev–Trinajstić information content (AvgIpc) is 3.56. The monoisotopic (exact) mass is 722 g/mol. The minimum Gasteiger partial charge on any atom is -0.550 e. The van der Waals surface area contributed by atoms with E-state index in [1.54, 1.807) is 23.1 Å². The first-order chi connectivity index (χ1) is 23.2. The van der Waals surface area contributed by atoms with E-state index in [1.807, 2.05) is 24.3 Å². The van der Waals surface area contributed by atoms with Crippen molar-refractivity contribution in [2.45, 2.75) is 88.5 Å². The van der Waals surface area contributed by atoms with E-state index in [0.717, 1.165) is 80.7 Å². The molecule has 0 radical (unpaired) electrons. The van der Waals surface area contributed by atoms with Crippen molar-refractivity contribution in [3.8, 4) is 0 Å². The fraction of sp³-hybridized carbons (Fsp3) is 0.395. The Balaban J connectivity index is 1.23. The number of allylic oxidation sites excluding steroid dienone is 6. The zero-order valence-electron chi connectivity index (χ0n) is 26.9. The van der Waals surface area contributed by atoms with Crippen molar-refractivity contribution in [3.63, 3.8) is 0 Å². The molecule has 10 heteroatoms. The predicted molar refractivity (Wildman–Crippen MR) is 195 cm³/mol. The highest BCUT2D eigenvalue weighted by Crippen LogP contribution is 2.48. The van der Waals surface area contributed by atoms with Gasteiger partial charge in [-0.1, -0.05) is 64.9 Å². The molecule has 2 aromatic carbocycles. The Labute approximate surface area is 300 Å². The number of fused-ring (bicyclic) bond motifs is 3. The lowest BCUT2D eigenvalue weighted by molar-refractivity contribution is -0.669. The van der Waals surface area contributed by atoms with Gasteiger partial charge in [0, 0.05) is 52.4 Å². The van der Waals surface area contributed by atoms with Gasteiger partial charge in [-0.05, 0) is 117 Å². The highest BCUT2D eigenvalue weighted by atomic mass is 35.5. The highest BCUT2D eigenvalue weighted by molar-refractivity contribution is 8.03. The number of carbonyl (C=O) groups is 2. The summed E-state index contributed by atoms with van der Waals surface area (Å²) in [6, 6.07) is 12.1. The van der Waals surface area contributed by atoms with Gasteiger partial charge in [0.15, 0.2) is 6.54 Å². The fourth-order valence-corrected chi connectivity index (χ4v) is 9.44. The van der Waals surface area contributed by atoms with Gasteiger partial charge in [0.25, 0.3) is 5.01 Å². The molecule has 48 heavy (non-hydrogen) atoms. The first kappa shape index (κ1) is 34.8. The third-order valence-electron chi connectivity index (χ3n) is 9.28. The van der Waals surface area contributed by atoms with Crippen LogP contribution in [0.15, 0.2) is 81.3 Å². The molecule has 6 rings (SSSR count). The lowest BCUT2D eigenvalue weighted by Crippen LogP contribution is -2.35. The molecule has 2 aliphatic carbocycles. The molecule has 0 fully saturated rings. The van der Waals surface area contributed by atoms with Gasteiger partial charge in [-0.3, -0.25) is 4.79 Å². The van der Waals surface area contributed by atoms with E-state index >= 15 is 0 Å². The van der Waals surface area contributed by atoms with Crippen LogP contribution in [0.1, 0.15) is 82.1 Å². The molecule has 1 aliphatic heterocycles. The smallest absolute Gasteiger partial charge is 0.303 e. The third-order valence-corrected chi connectivity index (χ3v) is 12.0. The molecule has 0 bridgehead atoms. The Kier molecular flexibility index (Phi) is 11.7. The van der Waals surface area contributed by atoms with E-state index < -0.39 is 11.9 Å². The van der Waals surface area contributed by atoms with Crippen molar-refractivity contribution in [1.29, 1.82) is 0 Å². The lowest BCUT2D eigenvalue weighted by Gasteiger charge is -2.29. The lowest BCUT2D eigenvalue weighted by atomic mass is 9.77. The number of halogens is 2. The first-order valence-corrected chi connectivity index (χ1v) is 19.3. The first-order valence-electron chi connectivity index (χ1n) is 16.9. The molecule has 0 spiro atoms. The number of nitrogens with zero attached hydrogens (tertiary/aromatic N) is 2. The van der Waals surface area contributed by atoms with Gasteiger partial charge in [0.05, 0.1) is 10.7 Å². The zero-order chi connectivity index (χ0) is 33.6. The summed E-state index contributed by atoms with van der Waals surface area (Å²) < 4.78 is 3.55. The van der Waals surface area contributed by atoms with Crippen molar-refractivity contribution < 1.29 is 24.4 Å². The molecule has 3 aromatic rings. The number of hydrogen-bond acceptors (Lipinski definition) is 6. The summed E-state index contributed by atoms with van der Waals surface area (Å²) in [7, 11) is 0. The summed E-state index contributed by atoms with van der Waals surface area (Å²) in [5.74, 6) is -1.16. The van der Waals surface area contributed by atoms with Gasteiger partial charge in [-0.25, -0.2) is 0 Å². The number of thiazole rings is 1. The van der Waals surface area contributed by atoms with Gasteiger partial charge in [-0.2, -0.15) is 4.57 Å². The van der Waals surface area contributed by atoms with E-state index in [-0.39, 0.29) is 12.8 Å². The van der Waals surface area contributed by atoms with Crippen LogP contribution in [-0.4, -0.2) is 23.6 Å². The normalized spacial score (nSPS) is 19.0. The van der Waals surface area contributed by atoms with Crippen LogP contribution < -0.4 is 14.6 Å². The predicted octanol–water partition coefficient (Wildman–Crippen LogP) is 9.34. The summed E-state index contributed by atoms with van der Waals surface area (Å²) in [5.41, 5.74) is 6.31. The number of anilines is 1. The maximum absolute atomic E-state index is 11.0. The molecule has 0 saturated carbocycles. The maximum atomic E-state index is 11.0. The number of thioether (sulfide) groups is 1. The van der Waals surface area contributed by atoms with E-state index in [1.165, 1.54) is 36.4 Å². The molecule has 6 nitrogen and oxygen atoms in total. The van der Waals surface area contributed by atoms with Crippen molar-refractivity contribution in [2.75, 3.05) is 11.4 Å². The number of hydrogen-bond donors (Lipinski definition) is 1. The maximum Gasteiger partial charge on any atom is 0.303 e. The Bertz CT molecular complexity index is 1830. The molecule has 1 unspecified atom stereocenters. The Hall–Kier alpha value is -3.04. The molecule has 1 N–H and O–H groups in total. The number of aryl methyl sites for hydroxylation is 1. The number of carboxylic acids is 2. The standard InChI is InChI=1S/C38H40Cl2N2O4S2/c39-29-13-15-33-31(23-29)41(17-5-1-3-7-37(43)44)35(47-33)21-25-9-11-27-12-10-26(20-28(27)19-25)22-36-42(18-6-2-4-8-38(45)46)32-24-30(40)14-16-34(32)48-36/h13-16,19-24,27H,1-12,17-18H2,(H-,43,44,45,46). The molecule has 1 atom stereocenters. The molecule has 3 aliphatic rings. The number of rotatable bonds is 14. The van der Waals surface area contributed by atoms with Crippen LogP contribution in [0.4, 0.5) is 5.69 Å². The number of carbonyl (C=O) groups excluding carboxylic acids is 1. The summed E-state index contributed by atoms with van der Waals surface area (Å²) in [5, 5.41) is 23.7. The van der Waals surface area contributed by atoms with Gasteiger partial charge in [-0.15, -0.1) is 0 Å². The quantitative estimate of drug-likeness (QED) is 0.132. The fourth-order valence-electron chi connectivity index (χ4n) is 6.82. The molecular formula is C38H40Cl2N2O4S2. The van der Waals surface area contributed by atoms with Crippen LogP contribution in [0, 0.1) is 5.92 Å². The molecule has 0 amide bonds. The summed E-state index contributed by atoms with van der Waals surface area (Å²) in [6.07, 6.45) is 19.0. The minimum atomic E-state index is -0.986.